The van der Waals surface area contributed by atoms with Crippen LogP contribution in [0.5, 0.6) is 0 Å². The van der Waals surface area contributed by atoms with Crippen molar-refractivity contribution in [2.75, 3.05) is 32.1 Å². The van der Waals surface area contributed by atoms with Gasteiger partial charge in [0.15, 0.2) is 0 Å². The smallest absolute Gasteiger partial charge is 0.345 e. The van der Waals surface area contributed by atoms with Gasteiger partial charge in [-0.2, -0.15) is 8.78 Å². The summed E-state index contributed by atoms with van der Waals surface area (Å²) in [6.45, 7) is 5.22. The molecule has 4 atom stereocenters. The van der Waals surface area contributed by atoms with E-state index in [2.05, 4.69) is 27.8 Å². The number of carbonyl (C=O) groups is 9. The number of benzene rings is 3. The first-order valence-electron chi connectivity index (χ1n) is 23.7. The van der Waals surface area contributed by atoms with Crippen molar-refractivity contribution < 1.29 is 66.3 Å². The topological polar surface area (TPSA) is 260 Å². The maximum absolute atomic E-state index is 14.9. The molecule has 8 rings (SSSR count). The van der Waals surface area contributed by atoms with Crippen LogP contribution in [-0.2, 0) is 50.2 Å². The zero-order valence-corrected chi connectivity index (χ0v) is 42.1. The molecule has 4 aliphatic heterocycles. The summed E-state index contributed by atoms with van der Waals surface area (Å²) in [5, 5.41) is 7.48. The summed E-state index contributed by atoms with van der Waals surface area (Å²) in [5.74, 6) is -0.694. The number of likely N-dealkylation sites (tertiary alicyclic amines) is 1. The molecule has 0 aromatic heterocycles. The number of carbonyl (C=O) groups excluding carboxylic acids is 9. The lowest BCUT2D eigenvalue weighted by Crippen LogP contribution is -2.64. The third kappa shape index (κ3) is 10.9. The Morgan fingerprint density at radius 1 is 0.946 bits per heavy atom. The van der Waals surface area contributed by atoms with Gasteiger partial charge < -0.3 is 30.2 Å². The first-order valence-corrected chi connectivity index (χ1v) is 26.3. The van der Waals surface area contributed by atoms with Gasteiger partial charge in [-0.3, -0.25) is 62.2 Å². The van der Waals surface area contributed by atoms with Crippen LogP contribution in [0.4, 0.5) is 8.78 Å². The molecule has 3 aromatic rings. The molecule has 3 fully saturated rings. The average molecular weight is 1060 g/mol. The van der Waals surface area contributed by atoms with E-state index in [4.69, 9.17) is 0 Å². The molecule has 19 nitrogen and oxygen atoms in total. The van der Waals surface area contributed by atoms with Crippen LogP contribution in [0.3, 0.4) is 0 Å². The van der Waals surface area contributed by atoms with E-state index in [1.165, 1.54) is 39.5 Å². The first kappa shape index (κ1) is 53.2. The van der Waals surface area contributed by atoms with E-state index in [0.717, 1.165) is 41.0 Å². The third-order valence-electron chi connectivity index (χ3n) is 13.5. The largest absolute Gasteiger partial charge is 0.399 e. The maximum Gasteiger partial charge on any atom is 0.399 e. The molecule has 388 valence electrons. The van der Waals surface area contributed by atoms with Crippen LogP contribution < -0.4 is 16.0 Å². The quantitative estimate of drug-likeness (QED) is 0.0608. The Morgan fingerprint density at radius 2 is 1.69 bits per heavy atom. The second-order valence-electron chi connectivity index (χ2n) is 19.6. The van der Waals surface area contributed by atoms with Gasteiger partial charge in [-0.05, 0) is 77.6 Å². The highest BCUT2D eigenvalue weighted by atomic mass is 32.2. The second-order valence-corrected chi connectivity index (χ2v) is 22.2. The van der Waals surface area contributed by atoms with Crippen molar-refractivity contribution in [2.24, 2.45) is 5.41 Å². The number of hydrogen-bond donors (Lipinski definition) is 5. The Morgan fingerprint density at radius 3 is 2.39 bits per heavy atom. The summed E-state index contributed by atoms with van der Waals surface area (Å²) < 4.78 is 42.0. The van der Waals surface area contributed by atoms with Crippen molar-refractivity contribution in [3.63, 3.8) is 0 Å². The number of rotatable bonds is 11. The summed E-state index contributed by atoms with van der Waals surface area (Å²) >= 11 is 0.896. The summed E-state index contributed by atoms with van der Waals surface area (Å²) in [6.07, 6.45) is 1.99. The molecule has 9 amide bonds. The summed E-state index contributed by atoms with van der Waals surface area (Å²) in [7, 11) is -5.87. The van der Waals surface area contributed by atoms with E-state index in [1.807, 2.05) is 30.3 Å². The number of nitrogens with zero attached hydrogens (tertiary/aromatic N) is 4. The minimum absolute atomic E-state index is 0.0108. The van der Waals surface area contributed by atoms with Gasteiger partial charge in [0.25, 0.3) is 11.8 Å². The molecule has 3 aromatic carbocycles. The minimum Gasteiger partial charge on any atom is -0.345 e. The van der Waals surface area contributed by atoms with Crippen molar-refractivity contribution in [3.8, 4) is 11.8 Å². The lowest BCUT2D eigenvalue weighted by atomic mass is 9.85. The highest BCUT2D eigenvalue weighted by molar-refractivity contribution is 7.97. The molecule has 0 spiro atoms. The van der Waals surface area contributed by atoms with Gasteiger partial charge >= 0.3 is 13.3 Å². The lowest BCUT2D eigenvalue weighted by Gasteiger charge is -2.45. The fourth-order valence-electron chi connectivity index (χ4n) is 9.58. The van der Waals surface area contributed by atoms with Crippen molar-refractivity contribution in [1.29, 1.82) is 0 Å². The molecule has 0 bridgehead atoms. The maximum atomic E-state index is 14.9. The van der Waals surface area contributed by atoms with Crippen LogP contribution in [0.25, 0.3) is 6.08 Å². The minimum atomic E-state index is -5.87. The van der Waals surface area contributed by atoms with Gasteiger partial charge in [-0.25, -0.2) is 0 Å². The Bertz CT molecular complexity index is 3020. The fraction of sp³-hybridized carbons (Fsp3) is 0.392. The Labute approximate surface area is 428 Å². The molecule has 0 radical (unpaired) electrons. The normalized spacial score (nSPS) is 20.4. The molecule has 5 aliphatic rings. The monoisotopic (exact) mass is 1060 g/mol. The second kappa shape index (κ2) is 21.1. The van der Waals surface area contributed by atoms with Crippen LogP contribution in [0.2, 0.25) is 0 Å². The summed E-state index contributed by atoms with van der Waals surface area (Å²) in [5.41, 5.74) is -4.52. The molecule has 23 heteroatoms. The predicted molar refractivity (Wildman–Crippen MR) is 263 cm³/mol. The van der Waals surface area contributed by atoms with Crippen molar-refractivity contribution >= 4 is 78.8 Å². The summed E-state index contributed by atoms with van der Waals surface area (Å²) in [6, 6.07) is 13.4. The van der Waals surface area contributed by atoms with E-state index < -0.39 is 102 Å². The lowest BCUT2D eigenvalue weighted by molar-refractivity contribution is -0.150. The Kier molecular flexibility index (Phi) is 15.2. The fourth-order valence-corrected chi connectivity index (χ4v) is 11.1. The van der Waals surface area contributed by atoms with E-state index in [-0.39, 0.29) is 72.0 Å². The third-order valence-corrected chi connectivity index (χ3v) is 15.6. The number of hydrogen-bond acceptors (Lipinski definition) is 11. The molecular formula is C51H52F2N7O12PS. The number of halogens is 2. The van der Waals surface area contributed by atoms with Crippen molar-refractivity contribution in [1.82, 2.24) is 35.0 Å². The van der Waals surface area contributed by atoms with Gasteiger partial charge in [0.05, 0.1) is 30.1 Å². The van der Waals surface area contributed by atoms with Gasteiger partial charge in [-0.15, -0.1) is 0 Å². The molecule has 5 N–H and O–H groups in total. The van der Waals surface area contributed by atoms with Crippen LogP contribution in [0.15, 0.2) is 72.3 Å². The van der Waals surface area contributed by atoms with Crippen LogP contribution in [-0.4, -0.2) is 132 Å². The summed E-state index contributed by atoms with van der Waals surface area (Å²) in [4.78, 5) is 144. The van der Waals surface area contributed by atoms with Crippen LogP contribution in [0.1, 0.15) is 107 Å². The number of fused-ring (bicyclic) bond motifs is 2. The van der Waals surface area contributed by atoms with Crippen LogP contribution in [0, 0.1) is 17.3 Å². The van der Waals surface area contributed by atoms with Crippen molar-refractivity contribution in [2.45, 2.75) is 89.0 Å². The predicted octanol–water partition coefficient (Wildman–Crippen LogP) is 3.39. The molecule has 3 saturated heterocycles. The molecule has 74 heavy (non-hydrogen) atoms. The first-order chi connectivity index (χ1) is 34.9. The van der Waals surface area contributed by atoms with E-state index in [9.17, 15) is 66.3 Å². The van der Waals surface area contributed by atoms with E-state index in [1.54, 1.807) is 25.7 Å². The number of imide groups is 2. The van der Waals surface area contributed by atoms with Gasteiger partial charge in [0.2, 0.25) is 41.4 Å². The van der Waals surface area contributed by atoms with Gasteiger partial charge in [0.1, 0.15) is 24.5 Å². The zero-order valence-electron chi connectivity index (χ0n) is 40.4. The molecule has 0 saturated carbocycles. The molecule has 4 heterocycles. The highest BCUT2D eigenvalue weighted by Crippen LogP contribution is 2.59. The molecular weight excluding hydrogens is 1000 g/mol. The van der Waals surface area contributed by atoms with Gasteiger partial charge in [0, 0.05) is 48.5 Å². The number of alkyl halides is 2. The molecule has 2 unspecified atom stereocenters. The van der Waals surface area contributed by atoms with E-state index >= 15 is 0 Å². The molecule has 1 aliphatic carbocycles. The SMILES string of the molecule is CC(C)(C)[C@H](NC(=O)C1=Cc2cc(C(F)(F)P(=O)(O)O)ccc2C1)C(=O)N1CSN(C(=O)CC(=O)NCC#Cc2cccc3c2C(=O)N(C2CCC(=O)NC2=O)C3=O)C[C@H]1C(=O)N1CCCC(c2ccccc2)C1. The van der Waals surface area contributed by atoms with Crippen LogP contribution >= 0.6 is 19.5 Å². The standard InChI is InChI=1S/C51H52F2N7O12PS/c1-50(2,3)43(56-44(64)34-22-31-16-17-35(24-33(31)23-34)51(52,53)73(70,71)72)49(69)58-28-74-59(27-38(58)47(67)57-21-9-14-32(26-57)29-10-5-4-6-11-29)41(63)25-40(62)54-20-8-13-30-12-7-15-36-42(30)48(68)60(46(36)66)37-18-19-39(61)55-45(37)65/h4-7,10-12,15-17,23-24,32,37-38,43H,9,14,18-22,25-28H2,1-3H3,(H,54,62)(H,56,64)(H,55,61,65)(H2,70,71,72)/t32?,37?,38-,43+/m0/s1. The number of nitrogens with one attached hydrogen (secondary N) is 3. The van der Waals surface area contributed by atoms with Crippen molar-refractivity contribution in [3.05, 3.63) is 111 Å². The number of amides is 9. The Hall–Kier alpha value is -7.05. The zero-order chi connectivity index (χ0) is 53.4. The van der Waals surface area contributed by atoms with E-state index in [0.29, 0.717) is 25.1 Å². The highest BCUT2D eigenvalue weighted by Gasteiger charge is 2.51. The Balaban J connectivity index is 0.957. The average Bonchev–Trinajstić information content (AvgIpc) is 3.91. The van der Waals surface area contributed by atoms with Gasteiger partial charge in [-0.1, -0.05) is 81.1 Å². The number of piperidine rings is 2.